The zero-order valence-corrected chi connectivity index (χ0v) is 10.2. The molecular formula is C12H23NS. The maximum absolute atomic E-state index is 3.74. The second kappa shape index (κ2) is 4.89. The van der Waals surface area contributed by atoms with Crippen LogP contribution in [0.3, 0.4) is 0 Å². The molecular weight excluding hydrogens is 190 g/mol. The molecule has 82 valence electrons. The molecule has 14 heavy (non-hydrogen) atoms. The van der Waals surface area contributed by atoms with E-state index in [0.717, 1.165) is 5.92 Å². The van der Waals surface area contributed by atoms with Crippen molar-refractivity contribution in [3.05, 3.63) is 0 Å². The van der Waals surface area contributed by atoms with Crippen LogP contribution in [0.2, 0.25) is 0 Å². The molecule has 0 aromatic rings. The van der Waals surface area contributed by atoms with Gasteiger partial charge in [0.1, 0.15) is 0 Å². The minimum atomic E-state index is 0.535. The Hall–Kier alpha value is 0.310. The van der Waals surface area contributed by atoms with Gasteiger partial charge in [0.25, 0.3) is 0 Å². The van der Waals surface area contributed by atoms with Crippen molar-refractivity contribution >= 4 is 11.8 Å². The molecule has 2 aliphatic rings. The van der Waals surface area contributed by atoms with E-state index in [-0.39, 0.29) is 0 Å². The van der Waals surface area contributed by atoms with Crippen molar-refractivity contribution in [3.8, 4) is 0 Å². The molecule has 0 saturated carbocycles. The Kier molecular flexibility index (Phi) is 3.78. The third kappa shape index (κ3) is 2.46. The van der Waals surface area contributed by atoms with E-state index >= 15 is 0 Å². The van der Waals surface area contributed by atoms with Crippen LogP contribution in [-0.2, 0) is 0 Å². The molecule has 0 amide bonds. The molecule has 2 aliphatic heterocycles. The summed E-state index contributed by atoms with van der Waals surface area (Å²) in [6.45, 7) is 3.61. The van der Waals surface area contributed by atoms with Crippen molar-refractivity contribution in [3.63, 3.8) is 0 Å². The van der Waals surface area contributed by atoms with Gasteiger partial charge >= 0.3 is 0 Å². The SMILES string of the molecule is CCC1(CCC2CCSC2)CCCN1. The van der Waals surface area contributed by atoms with Crippen LogP contribution in [0, 0.1) is 5.92 Å². The highest BCUT2D eigenvalue weighted by Gasteiger charge is 2.32. The Morgan fingerprint density at radius 2 is 2.43 bits per heavy atom. The largest absolute Gasteiger partial charge is 0.311 e. The summed E-state index contributed by atoms with van der Waals surface area (Å²) in [6, 6.07) is 0. The molecule has 0 bridgehead atoms. The molecule has 2 saturated heterocycles. The number of thioether (sulfide) groups is 1. The molecule has 0 radical (unpaired) electrons. The fourth-order valence-electron chi connectivity index (χ4n) is 2.85. The highest BCUT2D eigenvalue weighted by molar-refractivity contribution is 7.99. The molecule has 0 aromatic heterocycles. The van der Waals surface area contributed by atoms with Crippen LogP contribution in [0.1, 0.15) is 45.4 Å². The Balaban J connectivity index is 1.76. The third-order valence-corrected chi connectivity index (χ3v) is 5.30. The topological polar surface area (TPSA) is 12.0 Å². The van der Waals surface area contributed by atoms with Gasteiger partial charge in [-0.05, 0) is 62.5 Å². The van der Waals surface area contributed by atoms with Crippen LogP contribution in [0.5, 0.6) is 0 Å². The summed E-state index contributed by atoms with van der Waals surface area (Å²) in [4.78, 5) is 0. The minimum absolute atomic E-state index is 0.535. The minimum Gasteiger partial charge on any atom is -0.311 e. The van der Waals surface area contributed by atoms with E-state index < -0.39 is 0 Å². The second-order valence-electron chi connectivity index (χ2n) is 4.93. The zero-order chi connectivity index (χ0) is 9.86. The smallest absolute Gasteiger partial charge is 0.0179 e. The van der Waals surface area contributed by atoms with Gasteiger partial charge in [-0.3, -0.25) is 0 Å². The van der Waals surface area contributed by atoms with Gasteiger partial charge in [0.05, 0.1) is 0 Å². The molecule has 2 fully saturated rings. The number of rotatable bonds is 4. The molecule has 0 spiro atoms. The monoisotopic (exact) mass is 213 g/mol. The van der Waals surface area contributed by atoms with Gasteiger partial charge in [-0.2, -0.15) is 11.8 Å². The quantitative estimate of drug-likeness (QED) is 0.770. The lowest BCUT2D eigenvalue weighted by Gasteiger charge is -2.29. The summed E-state index contributed by atoms with van der Waals surface area (Å²) in [5.41, 5.74) is 0.535. The summed E-state index contributed by atoms with van der Waals surface area (Å²) >= 11 is 2.15. The van der Waals surface area contributed by atoms with E-state index in [1.807, 2.05) is 0 Å². The maximum Gasteiger partial charge on any atom is 0.0179 e. The molecule has 0 aromatic carbocycles. The first-order chi connectivity index (χ1) is 6.85. The first-order valence-corrected chi connectivity index (χ1v) is 7.33. The standard InChI is InChI=1S/C12H23NS/c1-2-12(6-3-8-13-12)7-4-11-5-9-14-10-11/h11,13H,2-10H2,1H3. The number of hydrogen-bond donors (Lipinski definition) is 1. The van der Waals surface area contributed by atoms with E-state index in [9.17, 15) is 0 Å². The van der Waals surface area contributed by atoms with Crippen molar-refractivity contribution in [1.29, 1.82) is 0 Å². The van der Waals surface area contributed by atoms with E-state index in [2.05, 4.69) is 24.0 Å². The molecule has 2 heteroatoms. The van der Waals surface area contributed by atoms with Crippen molar-refractivity contribution in [2.24, 2.45) is 5.92 Å². The maximum atomic E-state index is 3.74. The molecule has 2 atom stereocenters. The van der Waals surface area contributed by atoms with E-state index in [4.69, 9.17) is 0 Å². The number of nitrogens with one attached hydrogen (secondary N) is 1. The van der Waals surface area contributed by atoms with Crippen molar-refractivity contribution in [2.45, 2.75) is 51.0 Å². The predicted molar refractivity (Wildman–Crippen MR) is 64.9 cm³/mol. The third-order valence-electron chi connectivity index (χ3n) is 4.06. The summed E-state index contributed by atoms with van der Waals surface area (Å²) in [6.07, 6.45) is 8.51. The van der Waals surface area contributed by atoms with Crippen LogP contribution < -0.4 is 5.32 Å². The van der Waals surface area contributed by atoms with Gasteiger partial charge in [0.2, 0.25) is 0 Å². The van der Waals surface area contributed by atoms with Gasteiger partial charge in [-0.15, -0.1) is 0 Å². The van der Waals surface area contributed by atoms with Crippen LogP contribution in [0.15, 0.2) is 0 Å². The van der Waals surface area contributed by atoms with Crippen LogP contribution in [0.4, 0.5) is 0 Å². The van der Waals surface area contributed by atoms with Gasteiger partial charge in [-0.1, -0.05) is 6.92 Å². The fourth-order valence-corrected chi connectivity index (χ4v) is 4.19. The first-order valence-electron chi connectivity index (χ1n) is 6.17. The number of hydrogen-bond acceptors (Lipinski definition) is 2. The van der Waals surface area contributed by atoms with Gasteiger partial charge in [0.15, 0.2) is 0 Å². The first kappa shape index (κ1) is 10.8. The van der Waals surface area contributed by atoms with E-state index in [0.29, 0.717) is 5.54 Å². The summed E-state index contributed by atoms with van der Waals surface area (Å²) in [5.74, 6) is 3.88. The fraction of sp³-hybridized carbons (Fsp3) is 1.00. The Morgan fingerprint density at radius 3 is 3.00 bits per heavy atom. The average molecular weight is 213 g/mol. The van der Waals surface area contributed by atoms with Crippen LogP contribution >= 0.6 is 11.8 Å². The highest BCUT2D eigenvalue weighted by atomic mass is 32.2. The molecule has 0 aliphatic carbocycles. The lowest BCUT2D eigenvalue weighted by molar-refractivity contribution is 0.305. The molecule has 2 unspecified atom stereocenters. The normalized spacial score (nSPS) is 37.9. The predicted octanol–water partition coefficient (Wildman–Crippen LogP) is 3.05. The van der Waals surface area contributed by atoms with Gasteiger partial charge < -0.3 is 5.32 Å². The summed E-state index contributed by atoms with van der Waals surface area (Å²) in [7, 11) is 0. The van der Waals surface area contributed by atoms with Crippen molar-refractivity contribution in [2.75, 3.05) is 18.1 Å². The lowest BCUT2D eigenvalue weighted by atomic mass is 9.85. The van der Waals surface area contributed by atoms with Crippen LogP contribution in [-0.4, -0.2) is 23.6 Å². The summed E-state index contributed by atoms with van der Waals surface area (Å²) < 4.78 is 0. The van der Waals surface area contributed by atoms with E-state index in [1.54, 1.807) is 0 Å². The van der Waals surface area contributed by atoms with Gasteiger partial charge in [-0.25, -0.2) is 0 Å². The molecule has 2 rings (SSSR count). The molecule has 1 nitrogen and oxygen atoms in total. The Bertz CT molecular complexity index is 169. The molecule has 1 N–H and O–H groups in total. The van der Waals surface area contributed by atoms with E-state index in [1.165, 1.54) is 56.6 Å². The van der Waals surface area contributed by atoms with Crippen LogP contribution in [0.25, 0.3) is 0 Å². The Morgan fingerprint density at radius 1 is 1.50 bits per heavy atom. The lowest BCUT2D eigenvalue weighted by Crippen LogP contribution is -2.39. The van der Waals surface area contributed by atoms with Crippen molar-refractivity contribution in [1.82, 2.24) is 5.32 Å². The zero-order valence-electron chi connectivity index (χ0n) is 9.35. The average Bonchev–Trinajstić information content (AvgIpc) is 2.87. The summed E-state index contributed by atoms with van der Waals surface area (Å²) in [5, 5.41) is 3.74. The highest BCUT2D eigenvalue weighted by Crippen LogP contribution is 2.33. The van der Waals surface area contributed by atoms with Crippen molar-refractivity contribution < 1.29 is 0 Å². The Labute approximate surface area is 92.4 Å². The van der Waals surface area contributed by atoms with Gasteiger partial charge in [0, 0.05) is 5.54 Å². The molecule has 2 heterocycles. The second-order valence-corrected chi connectivity index (χ2v) is 6.08.